The van der Waals surface area contributed by atoms with E-state index in [4.69, 9.17) is 9.51 Å². The van der Waals surface area contributed by atoms with E-state index in [1.165, 1.54) is 11.8 Å². The first-order valence-corrected chi connectivity index (χ1v) is 11.2. The maximum atomic E-state index is 13.1. The summed E-state index contributed by atoms with van der Waals surface area (Å²) < 4.78 is 7.20. The molecule has 3 aromatic heterocycles. The van der Waals surface area contributed by atoms with Gasteiger partial charge in [0, 0.05) is 16.5 Å². The molecule has 1 aromatic carbocycles. The van der Waals surface area contributed by atoms with Crippen LogP contribution in [-0.2, 0) is 5.75 Å². The van der Waals surface area contributed by atoms with Gasteiger partial charge in [-0.25, -0.2) is 4.98 Å². The normalized spacial score (nSPS) is 11.7. The largest absolute Gasteiger partial charge is 0.338 e. The second kappa shape index (κ2) is 7.76. The van der Waals surface area contributed by atoms with Gasteiger partial charge in [0.25, 0.3) is 5.56 Å². The molecule has 0 spiro atoms. The molecule has 150 valence electrons. The van der Waals surface area contributed by atoms with Crippen molar-refractivity contribution >= 4 is 33.3 Å². The van der Waals surface area contributed by atoms with E-state index in [0.29, 0.717) is 22.6 Å². The zero-order chi connectivity index (χ0) is 20.7. The lowest BCUT2D eigenvalue weighted by Crippen LogP contribution is -2.24. The van der Waals surface area contributed by atoms with Gasteiger partial charge in [-0.1, -0.05) is 41.2 Å². The summed E-state index contributed by atoms with van der Waals surface area (Å²) >= 11 is 3.01. The summed E-state index contributed by atoms with van der Waals surface area (Å²) in [4.78, 5) is 24.4. The number of nitrogens with zero attached hydrogens (tertiary/aromatic N) is 4. The van der Waals surface area contributed by atoms with Crippen LogP contribution in [0.2, 0.25) is 0 Å². The third kappa shape index (κ3) is 3.62. The molecule has 0 bridgehead atoms. The average molecular weight is 427 g/mol. The van der Waals surface area contributed by atoms with E-state index in [0.717, 1.165) is 31.8 Å². The molecule has 0 radical (unpaired) electrons. The van der Waals surface area contributed by atoms with Crippen molar-refractivity contribution in [1.82, 2.24) is 19.7 Å². The minimum atomic E-state index is 0.00622. The van der Waals surface area contributed by atoms with Crippen LogP contribution in [0.1, 0.15) is 41.8 Å². The first-order chi connectivity index (χ1) is 13.9. The second-order valence-electron chi connectivity index (χ2n) is 7.24. The fourth-order valence-corrected chi connectivity index (χ4v) is 5.25. The van der Waals surface area contributed by atoms with Gasteiger partial charge in [-0.3, -0.25) is 9.36 Å². The topological polar surface area (TPSA) is 73.8 Å². The third-order valence-electron chi connectivity index (χ3n) is 4.90. The van der Waals surface area contributed by atoms with Crippen molar-refractivity contribution in [2.24, 2.45) is 0 Å². The summed E-state index contributed by atoms with van der Waals surface area (Å²) in [5.41, 5.74) is 3.08. The van der Waals surface area contributed by atoms with Gasteiger partial charge in [0.15, 0.2) is 5.16 Å². The lowest BCUT2D eigenvalue weighted by Gasteiger charge is -2.14. The van der Waals surface area contributed by atoms with Crippen molar-refractivity contribution in [2.75, 3.05) is 0 Å². The van der Waals surface area contributed by atoms with Gasteiger partial charge >= 0.3 is 0 Å². The van der Waals surface area contributed by atoms with E-state index in [1.54, 1.807) is 15.9 Å². The molecule has 29 heavy (non-hydrogen) atoms. The highest BCUT2D eigenvalue weighted by atomic mass is 32.2. The van der Waals surface area contributed by atoms with Gasteiger partial charge in [-0.05, 0) is 45.7 Å². The van der Waals surface area contributed by atoms with Crippen LogP contribution in [0.4, 0.5) is 0 Å². The van der Waals surface area contributed by atoms with Crippen molar-refractivity contribution in [3.8, 4) is 11.4 Å². The standard InChI is InChI=1S/C21H22N4O2S2/c1-11(2)25-20(26)17-13(4)14(5)29-19(17)23-21(25)28-10-16-22-18(24-27-16)15-9-7-6-8-12(15)3/h6-9,11H,10H2,1-5H3. The van der Waals surface area contributed by atoms with Crippen LogP contribution in [0.25, 0.3) is 21.6 Å². The SMILES string of the molecule is Cc1ccccc1-c1noc(CSc2nc3sc(C)c(C)c3c(=O)n2C(C)C)n1. The Kier molecular flexibility index (Phi) is 5.31. The van der Waals surface area contributed by atoms with Crippen LogP contribution in [0.3, 0.4) is 0 Å². The molecule has 0 saturated carbocycles. The third-order valence-corrected chi connectivity index (χ3v) is 6.94. The molecule has 4 aromatic rings. The van der Waals surface area contributed by atoms with Gasteiger partial charge < -0.3 is 4.52 Å². The molecule has 8 heteroatoms. The summed E-state index contributed by atoms with van der Waals surface area (Å²) in [5, 5.41) is 5.52. The lowest BCUT2D eigenvalue weighted by atomic mass is 10.1. The summed E-state index contributed by atoms with van der Waals surface area (Å²) in [6.07, 6.45) is 0. The first kappa shape index (κ1) is 19.8. The molecule has 0 saturated heterocycles. The zero-order valence-electron chi connectivity index (χ0n) is 17.0. The Balaban J connectivity index is 1.66. The number of benzene rings is 1. The number of aryl methyl sites for hydroxylation is 3. The Labute approximate surface area is 177 Å². The van der Waals surface area contributed by atoms with Crippen LogP contribution < -0.4 is 5.56 Å². The minimum absolute atomic E-state index is 0.00622. The molecule has 0 aliphatic carbocycles. The van der Waals surface area contributed by atoms with E-state index >= 15 is 0 Å². The van der Waals surface area contributed by atoms with Crippen molar-refractivity contribution in [3.63, 3.8) is 0 Å². The number of thiophene rings is 1. The number of hydrogen-bond donors (Lipinski definition) is 0. The summed E-state index contributed by atoms with van der Waals surface area (Å²) in [6.45, 7) is 10.0. The molecule has 6 nitrogen and oxygen atoms in total. The number of thioether (sulfide) groups is 1. The van der Waals surface area contributed by atoms with E-state index in [2.05, 4.69) is 10.1 Å². The highest BCUT2D eigenvalue weighted by Crippen LogP contribution is 2.30. The molecule has 3 heterocycles. The van der Waals surface area contributed by atoms with Crippen LogP contribution in [0.5, 0.6) is 0 Å². The molecular formula is C21H22N4O2S2. The predicted octanol–water partition coefficient (Wildman–Crippen LogP) is 5.31. The fraction of sp³-hybridized carbons (Fsp3) is 0.333. The molecular weight excluding hydrogens is 404 g/mol. The highest BCUT2D eigenvalue weighted by molar-refractivity contribution is 7.98. The summed E-state index contributed by atoms with van der Waals surface area (Å²) in [6, 6.07) is 7.94. The van der Waals surface area contributed by atoms with Gasteiger partial charge in [0.2, 0.25) is 11.7 Å². The van der Waals surface area contributed by atoms with E-state index in [1.807, 2.05) is 58.9 Å². The highest BCUT2D eigenvalue weighted by Gasteiger charge is 2.19. The van der Waals surface area contributed by atoms with Crippen LogP contribution in [0, 0.1) is 20.8 Å². The molecule has 0 amide bonds. The smallest absolute Gasteiger partial charge is 0.263 e. The first-order valence-electron chi connectivity index (χ1n) is 9.40. The molecule has 0 fully saturated rings. The predicted molar refractivity (Wildman–Crippen MR) is 118 cm³/mol. The lowest BCUT2D eigenvalue weighted by molar-refractivity contribution is 0.391. The Bertz CT molecular complexity index is 1250. The second-order valence-corrected chi connectivity index (χ2v) is 9.39. The number of rotatable bonds is 5. The van der Waals surface area contributed by atoms with Crippen molar-refractivity contribution in [1.29, 1.82) is 0 Å². The Hall–Kier alpha value is -2.45. The molecule has 0 unspecified atom stereocenters. The van der Waals surface area contributed by atoms with E-state index in [9.17, 15) is 4.79 Å². The number of hydrogen-bond acceptors (Lipinski definition) is 7. The molecule has 0 N–H and O–H groups in total. The number of aromatic nitrogens is 4. The number of fused-ring (bicyclic) bond motifs is 1. The van der Waals surface area contributed by atoms with Gasteiger partial charge in [-0.2, -0.15) is 4.98 Å². The zero-order valence-corrected chi connectivity index (χ0v) is 18.6. The van der Waals surface area contributed by atoms with Crippen molar-refractivity contribution in [3.05, 3.63) is 56.5 Å². The van der Waals surface area contributed by atoms with Gasteiger partial charge in [0.1, 0.15) is 4.83 Å². The van der Waals surface area contributed by atoms with Crippen LogP contribution in [0.15, 0.2) is 38.7 Å². The Morgan fingerprint density at radius 2 is 1.93 bits per heavy atom. The molecule has 4 rings (SSSR count). The van der Waals surface area contributed by atoms with Crippen LogP contribution in [-0.4, -0.2) is 19.7 Å². The van der Waals surface area contributed by atoms with E-state index in [-0.39, 0.29) is 11.6 Å². The van der Waals surface area contributed by atoms with Crippen molar-refractivity contribution < 1.29 is 4.52 Å². The van der Waals surface area contributed by atoms with Crippen LogP contribution >= 0.6 is 23.1 Å². The average Bonchev–Trinajstić information content (AvgIpc) is 3.25. The minimum Gasteiger partial charge on any atom is -0.338 e. The quantitative estimate of drug-likeness (QED) is 0.318. The maximum Gasteiger partial charge on any atom is 0.263 e. The van der Waals surface area contributed by atoms with Crippen molar-refractivity contribution in [2.45, 2.75) is 51.6 Å². The van der Waals surface area contributed by atoms with Gasteiger partial charge in [0.05, 0.1) is 11.1 Å². The van der Waals surface area contributed by atoms with Gasteiger partial charge in [-0.15, -0.1) is 11.3 Å². The molecule has 0 aliphatic rings. The van der Waals surface area contributed by atoms with E-state index < -0.39 is 0 Å². The Morgan fingerprint density at radius 3 is 2.66 bits per heavy atom. The monoisotopic (exact) mass is 426 g/mol. The Morgan fingerprint density at radius 1 is 1.17 bits per heavy atom. The molecule has 0 atom stereocenters. The summed E-state index contributed by atoms with van der Waals surface area (Å²) in [7, 11) is 0. The fourth-order valence-electron chi connectivity index (χ4n) is 3.22. The molecule has 0 aliphatic heterocycles. The summed E-state index contributed by atoms with van der Waals surface area (Å²) in [5.74, 6) is 1.54. The maximum absolute atomic E-state index is 13.1.